The minimum absolute atomic E-state index is 0.123. The molecular formula is C23H27BrN2O7S2. The third-order valence-electron chi connectivity index (χ3n) is 5.20. The van der Waals surface area contributed by atoms with Gasteiger partial charge in [0.1, 0.15) is 4.32 Å². The average Bonchev–Trinajstić information content (AvgIpc) is 3.11. The van der Waals surface area contributed by atoms with Gasteiger partial charge in [0.2, 0.25) is 0 Å². The predicted molar refractivity (Wildman–Crippen MR) is 139 cm³/mol. The number of rotatable bonds is 10. The summed E-state index contributed by atoms with van der Waals surface area (Å²) in [4.78, 5) is 40.3. The van der Waals surface area contributed by atoms with Crippen LogP contribution in [0.2, 0.25) is 0 Å². The van der Waals surface area contributed by atoms with Gasteiger partial charge >= 0.3 is 5.97 Å². The first-order valence-corrected chi connectivity index (χ1v) is 13.1. The number of thioether (sulfide) groups is 1. The van der Waals surface area contributed by atoms with E-state index in [1.807, 2.05) is 6.92 Å². The van der Waals surface area contributed by atoms with Crippen LogP contribution in [0, 0.1) is 0 Å². The first-order valence-electron chi connectivity index (χ1n) is 11.1. The number of benzene rings is 1. The van der Waals surface area contributed by atoms with Crippen LogP contribution in [0.3, 0.4) is 0 Å². The third kappa shape index (κ3) is 7.42. The largest absolute Gasteiger partial charge is 0.490 e. The van der Waals surface area contributed by atoms with Crippen molar-refractivity contribution in [2.24, 2.45) is 0 Å². The monoisotopic (exact) mass is 586 g/mol. The first kappa shape index (κ1) is 27.4. The Morgan fingerprint density at radius 3 is 2.69 bits per heavy atom. The van der Waals surface area contributed by atoms with Crippen LogP contribution in [0.1, 0.15) is 25.3 Å². The standard InChI is InChI=1S/C23H27BrN2O7S2/c1-3-32-17-12-15(11-16(24)21(17)33-14-19(27)25-7-9-31-10-8-25)13-18-22(29)26(23(34)35-18)6-4-5-20(28)30-2/h11-13H,3-10,14H2,1-2H3/b18-13+. The Bertz CT molecular complexity index is 1010. The van der Waals surface area contributed by atoms with Crippen LogP contribution in [-0.2, 0) is 23.9 Å². The van der Waals surface area contributed by atoms with E-state index in [1.54, 1.807) is 23.1 Å². The number of esters is 1. The molecule has 2 saturated heterocycles. The number of nitrogens with zero attached hydrogens (tertiary/aromatic N) is 2. The van der Waals surface area contributed by atoms with Crippen molar-refractivity contribution in [1.82, 2.24) is 9.80 Å². The number of morpholine rings is 1. The summed E-state index contributed by atoms with van der Waals surface area (Å²) in [7, 11) is 1.33. The molecule has 0 aliphatic carbocycles. The Hall–Kier alpha value is -2.15. The maximum absolute atomic E-state index is 12.9. The second kappa shape index (κ2) is 13.2. The van der Waals surface area contributed by atoms with Crippen molar-refractivity contribution < 1.29 is 33.3 Å². The minimum atomic E-state index is -0.326. The van der Waals surface area contributed by atoms with Crippen molar-refractivity contribution in [3.05, 3.63) is 27.1 Å². The fraction of sp³-hybridized carbons (Fsp3) is 0.478. The van der Waals surface area contributed by atoms with E-state index in [0.717, 1.165) is 0 Å². The highest BCUT2D eigenvalue weighted by molar-refractivity contribution is 9.10. The summed E-state index contributed by atoms with van der Waals surface area (Å²) in [5.41, 5.74) is 0.710. The van der Waals surface area contributed by atoms with Crippen LogP contribution in [-0.4, -0.2) is 85.1 Å². The summed E-state index contributed by atoms with van der Waals surface area (Å²) >= 11 is 10.1. The number of carbonyl (C=O) groups excluding carboxylic acids is 3. The van der Waals surface area contributed by atoms with Gasteiger partial charge in [0.05, 0.1) is 36.3 Å². The molecule has 0 aromatic heterocycles. The topological polar surface area (TPSA) is 94.6 Å². The number of carbonyl (C=O) groups is 3. The summed E-state index contributed by atoms with van der Waals surface area (Å²) in [6.07, 6.45) is 2.41. The van der Waals surface area contributed by atoms with Crippen molar-refractivity contribution in [3.63, 3.8) is 0 Å². The fourth-order valence-corrected chi connectivity index (χ4v) is 5.32. The molecule has 2 aliphatic rings. The van der Waals surface area contributed by atoms with Gasteiger partial charge in [-0.2, -0.15) is 0 Å². The average molecular weight is 588 g/mol. The molecule has 9 nitrogen and oxygen atoms in total. The molecule has 3 rings (SSSR count). The van der Waals surface area contributed by atoms with Gasteiger partial charge in [-0.3, -0.25) is 19.3 Å². The van der Waals surface area contributed by atoms with E-state index < -0.39 is 0 Å². The lowest BCUT2D eigenvalue weighted by Gasteiger charge is -2.27. The van der Waals surface area contributed by atoms with E-state index in [4.69, 9.17) is 26.4 Å². The van der Waals surface area contributed by atoms with E-state index in [0.29, 0.717) is 76.6 Å². The molecule has 1 aromatic carbocycles. The van der Waals surface area contributed by atoms with Gasteiger partial charge in [-0.1, -0.05) is 24.0 Å². The molecule has 190 valence electrons. The molecule has 0 N–H and O–H groups in total. The molecule has 12 heteroatoms. The van der Waals surface area contributed by atoms with Crippen molar-refractivity contribution >= 4 is 68.1 Å². The van der Waals surface area contributed by atoms with Crippen molar-refractivity contribution in [2.45, 2.75) is 19.8 Å². The summed E-state index contributed by atoms with van der Waals surface area (Å²) in [6.45, 7) is 4.59. The molecule has 0 radical (unpaired) electrons. The van der Waals surface area contributed by atoms with Crippen molar-refractivity contribution in [2.75, 3.05) is 53.2 Å². The zero-order chi connectivity index (χ0) is 25.4. The molecule has 0 spiro atoms. The van der Waals surface area contributed by atoms with Crippen LogP contribution in [0.25, 0.3) is 6.08 Å². The second-order valence-electron chi connectivity index (χ2n) is 7.56. The Kier molecular flexibility index (Phi) is 10.4. The van der Waals surface area contributed by atoms with Crippen LogP contribution < -0.4 is 9.47 Å². The number of thiocarbonyl (C=S) groups is 1. The SMILES string of the molecule is CCOc1cc(/C=C2/SC(=S)N(CCCC(=O)OC)C2=O)cc(Br)c1OCC(=O)N1CCOCC1. The molecule has 0 bridgehead atoms. The highest BCUT2D eigenvalue weighted by atomic mass is 79.9. The van der Waals surface area contributed by atoms with Crippen LogP contribution in [0.5, 0.6) is 11.5 Å². The van der Waals surface area contributed by atoms with Gasteiger partial charge in [0, 0.05) is 26.1 Å². The van der Waals surface area contributed by atoms with Gasteiger partial charge in [-0.05, 0) is 53.0 Å². The Labute approximate surface area is 222 Å². The van der Waals surface area contributed by atoms with E-state index in [1.165, 1.54) is 23.8 Å². The van der Waals surface area contributed by atoms with E-state index >= 15 is 0 Å². The Morgan fingerprint density at radius 1 is 1.26 bits per heavy atom. The number of hydrogen-bond donors (Lipinski definition) is 0. The summed E-state index contributed by atoms with van der Waals surface area (Å²) < 4.78 is 22.5. The van der Waals surface area contributed by atoms with Crippen LogP contribution in [0.15, 0.2) is 21.5 Å². The number of halogens is 1. The molecule has 0 unspecified atom stereocenters. The molecule has 2 aliphatic heterocycles. The zero-order valence-corrected chi connectivity index (χ0v) is 22.8. The summed E-state index contributed by atoms with van der Waals surface area (Å²) in [5, 5.41) is 0. The highest BCUT2D eigenvalue weighted by Gasteiger charge is 2.32. The van der Waals surface area contributed by atoms with Gasteiger partial charge in [0.15, 0.2) is 18.1 Å². The smallest absolute Gasteiger partial charge is 0.305 e. The quantitative estimate of drug-likeness (QED) is 0.232. The number of methoxy groups -OCH3 is 1. The molecule has 2 heterocycles. The Balaban J connectivity index is 1.71. The van der Waals surface area contributed by atoms with Crippen molar-refractivity contribution in [1.29, 1.82) is 0 Å². The Morgan fingerprint density at radius 2 is 2.00 bits per heavy atom. The molecule has 0 saturated carbocycles. The van der Waals surface area contributed by atoms with Crippen molar-refractivity contribution in [3.8, 4) is 11.5 Å². The van der Waals surface area contributed by atoms with E-state index in [2.05, 4.69) is 20.7 Å². The van der Waals surface area contributed by atoms with Crippen LogP contribution in [0.4, 0.5) is 0 Å². The molecule has 35 heavy (non-hydrogen) atoms. The number of amides is 2. The van der Waals surface area contributed by atoms with Gasteiger partial charge < -0.3 is 23.8 Å². The first-order chi connectivity index (χ1) is 16.8. The second-order valence-corrected chi connectivity index (χ2v) is 10.1. The number of ether oxygens (including phenoxy) is 4. The van der Waals surface area contributed by atoms with E-state index in [9.17, 15) is 14.4 Å². The minimum Gasteiger partial charge on any atom is -0.490 e. The van der Waals surface area contributed by atoms with Gasteiger partial charge in [-0.25, -0.2) is 0 Å². The molecule has 1 aromatic rings. The van der Waals surface area contributed by atoms with Crippen LogP contribution >= 0.6 is 39.9 Å². The highest BCUT2D eigenvalue weighted by Crippen LogP contribution is 2.39. The lowest BCUT2D eigenvalue weighted by molar-refractivity contribution is -0.141. The molecule has 2 amide bonds. The molecule has 0 atom stereocenters. The summed E-state index contributed by atoms with van der Waals surface area (Å²) in [5.74, 6) is 0.212. The lowest BCUT2D eigenvalue weighted by atomic mass is 10.1. The van der Waals surface area contributed by atoms with Gasteiger partial charge in [-0.15, -0.1) is 0 Å². The van der Waals surface area contributed by atoms with Gasteiger partial charge in [0.25, 0.3) is 11.8 Å². The normalized spacial score (nSPS) is 17.2. The molecular weight excluding hydrogens is 560 g/mol. The maximum atomic E-state index is 12.9. The molecule has 2 fully saturated rings. The maximum Gasteiger partial charge on any atom is 0.305 e. The lowest BCUT2D eigenvalue weighted by Crippen LogP contribution is -2.43. The fourth-order valence-electron chi connectivity index (χ4n) is 3.44. The zero-order valence-electron chi connectivity index (χ0n) is 19.5. The third-order valence-corrected chi connectivity index (χ3v) is 7.16. The van der Waals surface area contributed by atoms with E-state index in [-0.39, 0.29) is 30.8 Å². The predicted octanol–water partition coefficient (Wildman–Crippen LogP) is 3.24. The summed E-state index contributed by atoms with van der Waals surface area (Å²) in [6, 6.07) is 3.55. The number of hydrogen-bond acceptors (Lipinski definition) is 9.